The molecule has 65 heavy (non-hydrogen) atoms. The molecule has 0 atom stereocenters. The molecule has 0 saturated carbocycles. The summed E-state index contributed by atoms with van der Waals surface area (Å²) in [6.45, 7) is 0. The van der Waals surface area contributed by atoms with Gasteiger partial charge in [-0.3, -0.25) is 0 Å². The molecule has 2 heteroatoms. The van der Waals surface area contributed by atoms with Crippen LogP contribution in [0.3, 0.4) is 0 Å². The predicted octanol–water partition coefficient (Wildman–Crippen LogP) is 16.8. The largest absolute Gasteiger partial charge is 0.310 e. The molecule has 1 aliphatic heterocycles. The van der Waals surface area contributed by atoms with Gasteiger partial charge in [-0.2, -0.15) is 0 Å². The molecule has 3 aliphatic rings. The molecule has 10 aromatic rings. The van der Waals surface area contributed by atoms with Crippen LogP contribution in [0.25, 0.3) is 56.7 Å². The van der Waals surface area contributed by atoms with E-state index >= 15 is 0 Å². The molecule has 0 amide bonds. The third-order valence-electron chi connectivity index (χ3n) is 13.8. The molecule has 10 aromatic carbocycles. The van der Waals surface area contributed by atoms with Crippen LogP contribution in [0.5, 0.6) is 0 Å². The summed E-state index contributed by atoms with van der Waals surface area (Å²) in [7, 11) is 0. The van der Waals surface area contributed by atoms with Gasteiger partial charge in [-0.25, -0.2) is 0 Å². The average molecular weight is 827 g/mol. The zero-order valence-corrected chi connectivity index (χ0v) is 35.6. The van der Waals surface area contributed by atoms with Gasteiger partial charge in [0.05, 0.1) is 22.5 Å². The first-order valence-corrected chi connectivity index (χ1v) is 22.5. The number of hydrogen-bond donors (Lipinski definition) is 0. The first-order valence-electron chi connectivity index (χ1n) is 22.5. The lowest BCUT2D eigenvalue weighted by Gasteiger charge is -2.35. The molecule has 0 unspecified atom stereocenters. The number of fused-ring (bicyclic) bond motifs is 14. The highest BCUT2D eigenvalue weighted by molar-refractivity contribution is 6.04. The fourth-order valence-electron chi connectivity index (χ4n) is 11.1. The summed E-state index contributed by atoms with van der Waals surface area (Å²) in [5.41, 5.74) is 23.6. The Hall–Kier alpha value is -8.46. The molecular weight excluding hydrogens is 785 g/mol. The van der Waals surface area contributed by atoms with Crippen molar-refractivity contribution >= 4 is 46.3 Å². The van der Waals surface area contributed by atoms with Gasteiger partial charge in [-0.15, -0.1) is 0 Å². The smallest absolute Gasteiger partial charge is 0.0725 e. The molecular formula is C63H42N2. The number of nitrogens with zero attached hydrogens (tertiary/aromatic N) is 2. The lowest BCUT2D eigenvalue weighted by atomic mass is 9.66. The summed E-state index contributed by atoms with van der Waals surface area (Å²) >= 11 is 0. The minimum Gasteiger partial charge on any atom is -0.310 e. The Labute approximate surface area is 380 Å². The van der Waals surface area contributed by atoms with Crippen molar-refractivity contribution < 1.29 is 0 Å². The van der Waals surface area contributed by atoms with Gasteiger partial charge in [0.15, 0.2) is 0 Å². The first-order chi connectivity index (χ1) is 32.3. The minimum atomic E-state index is -0.500. The Morgan fingerprint density at radius 2 is 0.785 bits per heavy atom. The quantitative estimate of drug-likeness (QED) is 0.171. The highest BCUT2D eigenvalue weighted by atomic mass is 15.2. The van der Waals surface area contributed by atoms with Crippen molar-refractivity contribution in [1.29, 1.82) is 0 Å². The lowest BCUT2D eigenvalue weighted by Crippen LogP contribution is -2.29. The molecule has 0 bridgehead atoms. The molecule has 0 saturated heterocycles. The maximum Gasteiger partial charge on any atom is 0.0725 e. The van der Waals surface area contributed by atoms with E-state index in [4.69, 9.17) is 0 Å². The summed E-state index contributed by atoms with van der Waals surface area (Å²) < 4.78 is 0. The molecule has 2 aliphatic carbocycles. The summed E-state index contributed by atoms with van der Waals surface area (Å²) in [5, 5.41) is 0. The van der Waals surface area contributed by atoms with Gasteiger partial charge >= 0.3 is 0 Å². The Morgan fingerprint density at radius 1 is 0.308 bits per heavy atom. The molecule has 0 N–H and O–H groups in total. The second-order valence-electron chi connectivity index (χ2n) is 17.2. The number of anilines is 6. The van der Waals surface area contributed by atoms with Crippen molar-refractivity contribution in [1.82, 2.24) is 0 Å². The monoisotopic (exact) mass is 826 g/mol. The Bertz CT molecular complexity index is 3460. The van der Waals surface area contributed by atoms with Crippen molar-refractivity contribution in [3.8, 4) is 44.5 Å². The number of para-hydroxylation sites is 4. The number of benzene rings is 10. The van der Waals surface area contributed by atoms with E-state index in [2.05, 4.69) is 265 Å². The van der Waals surface area contributed by atoms with Crippen LogP contribution in [-0.2, 0) is 5.41 Å². The molecule has 13 rings (SSSR count). The zero-order valence-electron chi connectivity index (χ0n) is 35.6. The number of rotatable bonds is 5. The van der Waals surface area contributed by atoms with Crippen molar-refractivity contribution in [2.24, 2.45) is 0 Å². The predicted molar refractivity (Wildman–Crippen MR) is 272 cm³/mol. The van der Waals surface area contributed by atoms with Gasteiger partial charge in [0.2, 0.25) is 0 Å². The van der Waals surface area contributed by atoms with E-state index in [1.165, 1.54) is 77.9 Å². The van der Waals surface area contributed by atoms with Gasteiger partial charge in [0, 0.05) is 33.8 Å². The Kier molecular flexibility index (Phi) is 8.47. The highest BCUT2D eigenvalue weighted by Gasteiger charge is 2.48. The van der Waals surface area contributed by atoms with E-state index in [9.17, 15) is 0 Å². The minimum absolute atomic E-state index is 0.500. The van der Waals surface area contributed by atoms with Crippen LogP contribution >= 0.6 is 0 Å². The van der Waals surface area contributed by atoms with Crippen molar-refractivity contribution in [2.45, 2.75) is 5.41 Å². The van der Waals surface area contributed by atoms with E-state index in [1.807, 2.05) is 0 Å². The van der Waals surface area contributed by atoms with Crippen LogP contribution in [0.4, 0.5) is 34.1 Å². The molecule has 1 heterocycles. The maximum absolute atomic E-state index is 2.49. The SMILES string of the molecule is C1=Cc2ccccc2C2(c3ccccc31)c1ccccc1-c1cc(N(c3ccc4c(c3)-c3ccccc3N(c3ccccc3)c3ccccc3-4)c3ccccc3-c3ccccc3)ccc12. The van der Waals surface area contributed by atoms with Gasteiger partial charge < -0.3 is 9.80 Å². The van der Waals surface area contributed by atoms with Gasteiger partial charge in [0.1, 0.15) is 0 Å². The third kappa shape index (κ3) is 5.60. The molecule has 0 fully saturated rings. The topological polar surface area (TPSA) is 6.48 Å². The standard InChI is InChI=1S/C63H42N2/c1-3-19-43(20-4-1)49-25-10-16-32-60(49)64(47-37-39-50-52-27-11-17-33-61(52)65(46-23-5-2-6-24-46)62-34-18-12-28-53(62)54(50)41-47)48-38-40-59-55(42-48)51-26-9-15-31-58(51)63(59)56-29-13-7-21-44(56)35-36-45-22-8-14-30-57(45)63/h1-42H. The van der Waals surface area contributed by atoms with Gasteiger partial charge in [0.25, 0.3) is 0 Å². The van der Waals surface area contributed by atoms with Crippen LogP contribution in [0.1, 0.15) is 33.4 Å². The van der Waals surface area contributed by atoms with Crippen LogP contribution in [0.15, 0.2) is 243 Å². The van der Waals surface area contributed by atoms with E-state index < -0.39 is 5.41 Å². The normalized spacial score (nSPS) is 13.3. The fraction of sp³-hybridized carbons (Fsp3) is 0.0159. The van der Waals surface area contributed by atoms with Gasteiger partial charge in [-0.1, -0.05) is 200 Å². The Morgan fingerprint density at radius 3 is 1.46 bits per heavy atom. The third-order valence-corrected chi connectivity index (χ3v) is 13.8. The highest BCUT2D eigenvalue weighted by Crippen LogP contribution is 2.60. The van der Waals surface area contributed by atoms with Crippen LogP contribution in [0, 0.1) is 0 Å². The summed E-state index contributed by atoms with van der Waals surface area (Å²) in [4.78, 5) is 4.90. The van der Waals surface area contributed by atoms with Crippen molar-refractivity contribution in [3.63, 3.8) is 0 Å². The zero-order chi connectivity index (χ0) is 42.9. The van der Waals surface area contributed by atoms with E-state index in [-0.39, 0.29) is 0 Å². The molecule has 0 aromatic heterocycles. The van der Waals surface area contributed by atoms with Gasteiger partial charge in [-0.05, 0) is 116 Å². The Balaban J connectivity index is 1.08. The van der Waals surface area contributed by atoms with E-state index in [0.29, 0.717) is 0 Å². The molecule has 304 valence electrons. The van der Waals surface area contributed by atoms with Crippen molar-refractivity contribution in [3.05, 3.63) is 276 Å². The molecule has 1 spiro atoms. The van der Waals surface area contributed by atoms with Crippen molar-refractivity contribution in [2.75, 3.05) is 9.80 Å². The van der Waals surface area contributed by atoms with Crippen LogP contribution < -0.4 is 9.80 Å². The second-order valence-corrected chi connectivity index (χ2v) is 17.2. The van der Waals surface area contributed by atoms with E-state index in [1.54, 1.807) is 0 Å². The number of hydrogen-bond acceptors (Lipinski definition) is 2. The summed E-state index contributed by atoms with van der Waals surface area (Å²) in [6.07, 6.45) is 4.60. The average Bonchev–Trinajstić information content (AvgIpc) is 3.49. The maximum atomic E-state index is 2.49. The first kappa shape index (κ1) is 37.1. The van der Waals surface area contributed by atoms with Crippen LogP contribution in [0.2, 0.25) is 0 Å². The van der Waals surface area contributed by atoms with E-state index in [0.717, 1.165) is 34.1 Å². The molecule has 2 nitrogen and oxygen atoms in total. The second kappa shape index (κ2) is 14.8. The molecule has 0 radical (unpaired) electrons. The summed E-state index contributed by atoms with van der Waals surface area (Å²) in [5.74, 6) is 0. The fourth-order valence-corrected chi connectivity index (χ4v) is 11.1. The summed E-state index contributed by atoms with van der Waals surface area (Å²) in [6, 6.07) is 89.5. The van der Waals surface area contributed by atoms with Crippen LogP contribution in [-0.4, -0.2) is 0 Å². The lowest BCUT2D eigenvalue weighted by molar-refractivity contribution is 0.766.